The first-order valence-corrected chi connectivity index (χ1v) is 5.90. The molecule has 0 unspecified atom stereocenters. The standard InChI is InChI=1S/C12H12FN3O3/c13-8-5-10-9(17-2-1-3-18-10)4-7(8)12-15-11(6-14)19-16-12/h4-5H,1-3,6,14H2. The van der Waals surface area contributed by atoms with Crippen molar-refractivity contribution in [2.75, 3.05) is 13.2 Å². The van der Waals surface area contributed by atoms with Crippen LogP contribution in [0, 0.1) is 5.82 Å². The SMILES string of the molecule is NCc1nc(-c2cc3c(cc2F)OCCCO3)no1. The Kier molecular flexibility index (Phi) is 3.04. The Balaban J connectivity index is 2.04. The molecule has 6 nitrogen and oxygen atoms in total. The molecule has 0 amide bonds. The second kappa shape index (κ2) is 4.85. The minimum atomic E-state index is -0.492. The van der Waals surface area contributed by atoms with Crippen LogP contribution in [-0.2, 0) is 6.54 Å². The number of nitrogens with two attached hydrogens (primary N) is 1. The van der Waals surface area contributed by atoms with E-state index in [2.05, 4.69) is 10.1 Å². The molecular formula is C12H12FN3O3. The summed E-state index contributed by atoms with van der Waals surface area (Å²) >= 11 is 0. The van der Waals surface area contributed by atoms with E-state index in [1.165, 1.54) is 12.1 Å². The van der Waals surface area contributed by atoms with Gasteiger partial charge in [0.2, 0.25) is 11.7 Å². The van der Waals surface area contributed by atoms with Gasteiger partial charge in [0, 0.05) is 12.5 Å². The van der Waals surface area contributed by atoms with Gasteiger partial charge in [-0.2, -0.15) is 4.98 Å². The van der Waals surface area contributed by atoms with Crippen LogP contribution in [0.2, 0.25) is 0 Å². The van der Waals surface area contributed by atoms with Crippen molar-refractivity contribution in [3.8, 4) is 22.9 Å². The Morgan fingerprint density at radius 2 is 1.95 bits per heavy atom. The minimum Gasteiger partial charge on any atom is -0.490 e. The molecule has 0 saturated heterocycles. The Bertz CT molecular complexity index is 600. The molecular weight excluding hydrogens is 253 g/mol. The van der Waals surface area contributed by atoms with E-state index in [4.69, 9.17) is 19.7 Å². The van der Waals surface area contributed by atoms with Crippen molar-refractivity contribution in [2.24, 2.45) is 5.73 Å². The van der Waals surface area contributed by atoms with Gasteiger partial charge in [0.15, 0.2) is 11.5 Å². The van der Waals surface area contributed by atoms with E-state index in [1.807, 2.05) is 0 Å². The maximum absolute atomic E-state index is 14.0. The summed E-state index contributed by atoms with van der Waals surface area (Å²) in [5.41, 5.74) is 5.58. The highest BCUT2D eigenvalue weighted by Gasteiger charge is 2.19. The highest BCUT2D eigenvalue weighted by Crippen LogP contribution is 2.35. The van der Waals surface area contributed by atoms with Gasteiger partial charge >= 0.3 is 0 Å². The Morgan fingerprint density at radius 3 is 2.63 bits per heavy atom. The fourth-order valence-corrected chi connectivity index (χ4v) is 1.80. The van der Waals surface area contributed by atoms with Gasteiger partial charge in [0.25, 0.3) is 0 Å². The summed E-state index contributed by atoms with van der Waals surface area (Å²) in [4.78, 5) is 3.99. The van der Waals surface area contributed by atoms with Gasteiger partial charge in [-0.3, -0.25) is 0 Å². The summed E-state index contributed by atoms with van der Waals surface area (Å²) in [6.07, 6.45) is 0.755. The third-order valence-electron chi connectivity index (χ3n) is 2.72. The molecule has 1 aliphatic rings. The zero-order chi connectivity index (χ0) is 13.2. The van der Waals surface area contributed by atoms with Crippen LogP contribution in [0.25, 0.3) is 11.4 Å². The Hall–Kier alpha value is -2.15. The maximum Gasteiger partial charge on any atom is 0.240 e. The lowest BCUT2D eigenvalue weighted by molar-refractivity contribution is 0.296. The van der Waals surface area contributed by atoms with E-state index in [9.17, 15) is 4.39 Å². The number of ether oxygens (including phenoxy) is 2. The molecule has 1 aromatic carbocycles. The van der Waals surface area contributed by atoms with E-state index in [0.29, 0.717) is 24.7 Å². The molecule has 0 atom stereocenters. The van der Waals surface area contributed by atoms with Crippen LogP contribution in [0.5, 0.6) is 11.5 Å². The second-order valence-corrected chi connectivity index (χ2v) is 4.05. The number of aromatic nitrogens is 2. The van der Waals surface area contributed by atoms with E-state index in [1.54, 1.807) is 0 Å². The van der Waals surface area contributed by atoms with E-state index in [0.717, 1.165) is 6.42 Å². The monoisotopic (exact) mass is 265 g/mol. The molecule has 2 heterocycles. The Labute approximate surface area is 108 Å². The molecule has 0 fully saturated rings. The van der Waals surface area contributed by atoms with Gasteiger partial charge < -0.3 is 19.7 Å². The van der Waals surface area contributed by atoms with Gasteiger partial charge in [0.05, 0.1) is 25.3 Å². The van der Waals surface area contributed by atoms with Crippen molar-refractivity contribution in [3.05, 3.63) is 23.8 Å². The first kappa shape index (κ1) is 11.9. The number of benzene rings is 1. The maximum atomic E-state index is 14.0. The molecule has 3 rings (SSSR count). The Morgan fingerprint density at radius 1 is 1.21 bits per heavy atom. The normalized spacial score (nSPS) is 14.2. The van der Waals surface area contributed by atoms with Crippen molar-refractivity contribution in [2.45, 2.75) is 13.0 Å². The summed E-state index contributed by atoms with van der Waals surface area (Å²) in [7, 11) is 0. The van der Waals surface area contributed by atoms with Gasteiger partial charge in [-0.15, -0.1) is 0 Å². The number of hydrogen-bond donors (Lipinski definition) is 1. The predicted molar refractivity (Wildman–Crippen MR) is 63.2 cm³/mol. The molecule has 1 aliphatic heterocycles. The van der Waals surface area contributed by atoms with Crippen LogP contribution in [0.3, 0.4) is 0 Å². The zero-order valence-corrected chi connectivity index (χ0v) is 10.1. The largest absolute Gasteiger partial charge is 0.490 e. The second-order valence-electron chi connectivity index (χ2n) is 4.05. The molecule has 2 aromatic rings. The van der Waals surface area contributed by atoms with Crippen LogP contribution in [-0.4, -0.2) is 23.4 Å². The van der Waals surface area contributed by atoms with Crippen molar-refractivity contribution < 1.29 is 18.4 Å². The van der Waals surface area contributed by atoms with E-state index < -0.39 is 5.82 Å². The molecule has 0 radical (unpaired) electrons. The number of nitrogens with zero attached hydrogens (tertiary/aromatic N) is 2. The predicted octanol–water partition coefficient (Wildman–Crippen LogP) is 1.50. The molecule has 19 heavy (non-hydrogen) atoms. The lowest BCUT2D eigenvalue weighted by Crippen LogP contribution is -1.97. The lowest BCUT2D eigenvalue weighted by atomic mass is 10.1. The van der Waals surface area contributed by atoms with Crippen molar-refractivity contribution in [1.29, 1.82) is 0 Å². The summed E-state index contributed by atoms with van der Waals surface area (Å²) in [6.45, 7) is 1.14. The van der Waals surface area contributed by atoms with Crippen molar-refractivity contribution in [3.63, 3.8) is 0 Å². The summed E-state index contributed by atoms with van der Waals surface area (Å²) in [6, 6.07) is 2.79. The smallest absolute Gasteiger partial charge is 0.240 e. The topological polar surface area (TPSA) is 83.4 Å². The van der Waals surface area contributed by atoms with Crippen LogP contribution >= 0.6 is 0 Å². The molecule has 0 spiro atoms. The average Bonchev–Trinajstić information content (AvgIpc) is 2.78. The van der Waals surface area contributed by atoms with Crippen LogP contribution in [0.1, 0.15) is 12.3 Å². The first-order chi connectivity index (χ1) is 9.28. The van der Waals surface area contributed by atoms with Crippen LogP contribution in [0.15, 0.2) is 16.7 Å². The van der Waals surface area contributed by atoms with Crippen molar-refractivity contribution in [1.82, 2.24) is 10.1 Å². The van der Waals surface area contributed by atoms with Gasteiger partial charge in [0.1, 0.15) is 5.82 Å². The van der Waals surface area contributed by atoms with Gasteiger partial charge in [-0.25, -0.2) is 4.39 Å². The zero-order valence-electron chi connectivity index (χ0n) is 10.1. The average molecular weight is 265 g/mol. The van der Waals surface area contributed by atoms with Gasteiger partial charge in [-0.1, -0.05) is 5.16 Å². The number of rotatable bonds is 2. The molecule has 2 N–H and O–H groups in total. The molecule has 7 heteroatoms. The third-order valence-corrected chi connectivity index (χ3v) is 2.72. The first-order valence-electron chi connectivity index (χ1n) is 5.90. The van der Waals surface area contributed by atoms with E-state index in [-0.39, 0.29) is 23.8 Å². The molecule has 1 aromatic heterocycles. The molecule has 100 valence electrons. The molecule has 0 bridgehead atoms. The summed E-state index contributed by atoms with van der Waals surface area (Å²) in [5, 5.41) is 3.69. The summed E-state index contributed by atoms with van der Waals surface area (Å²) in [5.74, 6) is 0.776. The number of halogens is 1. The number of hydrogen-bond acceptors (Lipinski definition) is 6. The number of fused-ring (bicyclic) bond motifs is 1. The fraction of sp³-hybridized carbons (Fsp3) is 0.333. The van der Waals surface area contributed by atoms with Gasteiger partial charge in [-0.05, 0) is 6.07 Å². The summed E-state index contributed by atoms with van der Waals surface area (Å²) < 4.78 is 29.8. The lowest BCUT2D eigenvalue weighted by Gasteiger charge is -2.08. The quantitative estimate of drug-likeness (QED) is 0.885. The minimum absolute atomic E-state index is 0.110. The third kappa shape index (κ3) is 2.24. The highest BCUT2D eigenvalue weighted by molar-refractivity contribution is 5.61. The molecule has 0 aliphatic carbocycles. The van der Waals surface area contributed by atoms with Crippen LogP contribution < -0.4 is 15.2 Å². The fourth-order valence-electron chi connectivity index (χ4n) is 1.80. The van der Waals surface area contributed by atoms with Crippen LogP contribution in [0.4, 0.5) is 4.39 Å². The van der Waals surface area contributed by atoms with E-state index >= 15 is 0 Å². The van der Waals surface area contributed by atoms with Crippen molar-refractivity contribution >= 4 is 0 Å². The highest BCUT2D eigenvalue weighted by atomic mass is 19.1. The molecule has 0 saturated carbocycles.